The van der Waals surface area contributed by atoms with E-state index >= 15 is 0 Å². The van der Waals surface area contributed by atoms with Crippen LogP contribution in [0.2, 0.25) is 39.3 Å². The molecule has 2 rings (SSSR count). The largest absolute Gasteiger partial charge is 0.418 e. The maximum Gasteiger partial charge on any atom is 0.183 e. The van der Waals surface area contributed by atoms with Crippen LogP contribution in [0.4, 0.5) is 0 Å². The second kappa shape index (κ2) is 8.34. The zero-order valence-electron chi connectivity index (χ0n) is 17.0. The molecule has 0 radical (unpaired) electrons. The van der Waals surface area contributed by atoms with Crippen LogP contribution in [0.5, 0.6) is 0 Å². The van der Waals surface area contributed by atoms with Crippen LogP contribution in [0, 0.1) is 5.41 Å². The van der Waals surface area contributed by atoms with Crippen molar-refractivity contribution >= 4 is 16.6 Å². The second-order valence-electron chi connectivity index (χ2n) is 9.15. The van der Waals surface area contributed by atoms with E-state index in [-0.39, 0.29) is 5.41 Å². The maximum absolute atomic E-state index is 6.26. The van der Waals surface area contributed by atoms with E-state index < -0.39 is 16.6 Å². The summed E-state index contributed by atoms with van der Waals surface area (Å²) >= 11 is 0. The normalized spacial score (nSPS) is 18.0. The maximum atomic E-state index is 6.26. The van der Waals surface area contributed by atoms with E-state index in [2.05, 4.69) is 75.7 Å². The van der Waals surface area contributed by atoms with Crippen molar-refractivity contribution in [3.05, 3.63) is 47.6 Å². The molecule has 0 aliphatic heterocycles. The van der Waals surface area contributed by atoms with Crippen molar-refractivity contribution in [3.8, 4) is 0 Å². The van der Waals surface area contributed by atoms with Crippen LogP contribution in [0.25, 0.3) is 0 Å². The fourth-order valence-electron chi connectivity index (χ4n) is 3.64. The predicted molar refractivity (Wildman–Crippen MR) is 114 cm³/mol. The zero-order chi connectivity index (χ0) is 18.6. The minimum Gasteiger partial charge on any atom is -0.418 e. The van der Waals surface area contributed by atoms with E-state index in [4.69, 9.17) is 8.85 Å². The van der Waals surface area contributed by atoms with E-state index in [0.717, 1.165) is 38.9 Å². The molecule has 0 N–H and O–H groups in total. The first-order valence-electron chi connectivity index (χ1n) is 9.63. The molecular formula is C21H36O2Si2. The van der Waals surface area contributed by atoms with Gasteiger partial charge in [-0.2, -0.15) is 0 Å². The molecule has 25 heavy (non-hydrogen) atoms. The quantitative estimate of drug-likeness (QED) is 0.421. The Balaban J connectivity index is 2.19. The summed E-state index contributed by atoms with van der Waals surface area (Å²) in [5, 5.41) is 0. The fraction of sp³-hybridized carbons (Fsp3) is 0.619. The number of hydrogen-bond donors (Lipinski definition) is 0. The SMILES string of the molecule is C[Si](C)(C)OCCC(CCO[Si](C)(C)C)(C1=CC=CC1)C1=CC=CC1. The Morgan fingerprint density at radius 2 is 1.16 bits per heavy atom. The summed E-state index contributed by atoms with van der Waals surface area (Å²) in [5.74, 6) is 0. The molecule has 0 heterocycles. The van der Waals surface area contributed by atoms with Crippen molar-refractivity contribution in [2.45, 2.75) is 65.0 Å². The van der Waals surface area contributed by atoms with Crippen LogP contribution in [0.3, 0.4) is 0 Å². The van der Waals surface area contributed by atoms with E-state index in [1.54, 1.807) is 11.1 Å². The van der Waals surface area contributed by atoms with Gasteiger partial charge in [0.2, 0.25) is 0 Å². The zero-order valence-corrected chi connectivity index (χ0v) is 19.0. The highest BCUT2D eigenvalue weighted by Crippen LogP contribution is 2.48. The lowest BCUT2D eigenvalue weighted by Gasteiger charge is -2.39. The molecule has 4 heteroatoms. The van der Waals surface area contributed by atoms with Crippen molar-refractivity contribution in [2.75, 3.05) is 13.2 Å². The summed E-state index contributed by atoms with van der Waals surface area (Å²) in [6, 6.07) is 0. The summed E-state index contributed by atoms with van der Waals surface area (Å²) < 4.78 is 12.5. The third-order valence-corrected chi connectivity index (χ3v) is 7.04. The molecule has 140 valence electrons. The van der Waals surface area contributed by atoms with Crippen molar-refractivity contribution in [1.29, 1.82) is 0 Å². The first-order chi connectivity index (χ1) is 11.6. The molecule has 0 aromatic rings. The fourth-order valence-corrected chi connectivity index (χ4v) is 5.07. The molecule has 0 amide bonds. The van der Waals surface area contributed by atoms with Crippen LogP contribution < -0.4 is 0 Å². The third kappa shape index (κ3) is 6.21. The van der Waals surface area contributed by atoms with E-state index in [1.807, 2.05) is 0 Å². The van der Waals surface area contributed by atoms with Crippen molar-refractivity contribution in [3.63, 3.8) is 0 Å². The highest BCUT2D eigenvalue weighted by Gasteiger charge is 2.38. The van der Waals surface area contributed by atoms with Gasteiger partial charge in [0.25, 0.3) is 0 Å². The Morgan fingerprint density at radius 3 is 1.44 bits per heavy atom. The first kappa shape index (κ1) is 20.6. The Kier molecular flexibility index (Phi) is 6.88. The van der Waals surface area contributed by atoms with Crippen LogP contribution >= 0.6 is 0 Å². The number of rotatable bonds is 10. The number of allylic oxidation sites excluding steroid dienone is 8. The topological polar surface area (TPSA) is 18.5 Å². The van der Waals surface area contributed by atoms with Gasteiger partial charge in [0.15, 0.2) is 16.6 Å². The Labute approximate surface area is 157 Å². The molecule has 0 fully saturated rings. The van der Waals surface area contributed by atoms with Gasteiger partial charge in [0.05, 0.1) is 0 Å². The summed E-state index contributed by atoms with van der Waals surface area (Å²) in [4.78, 5) is 0. The summed E-state index contributed by atoms with van der Waals surface area (Å²) in [5.41, 5.74) is 3.17. The molecular weight excluding hydrogens is 340 g/mol. The molecule has 0 aromatic heterocycles. The van der Waals surface area contributed by atoms with Gasteiger partial charge in [-0.15, -0.1) is 0 Å². The van der Waals surface area contributed by atoms with E-state index in [9.17, 15) is 0 Å². The molecule has 0 spiro atoms. The summed E-state index contributed by atoms with van der Waals surface area (Å²) in [6.45, 7) is 15.3. The van der Waals surface area contributed by atoms with Crippen molar-refractivity contribution < 1.29 is 8.85 Å². The second-order valence-corrected chi connectivity index (χ2v) is 18.2. The van der Waals surface area contributed by atoms with Crippen molar-refractivity contribution in [1.82, 2.24) is 0 Å². The lowest BCUT2D eigenvalue weighted by molar-refractivity contribution is 0.197. The first-order valence-corrected chi connectivity index (χ1v) is 16.4. The Morgan fingerprint density at radius 1 is 0.760 bits per heavy atom. The molecule has 2 aliphatic rings. The van der Waals surface area contributed by atoms with E-state index in [1.165, 1.54) is 0 Å². The van der Waals surface area contributed by atoms with Gasteiger partial charge in [-0.05, 0) is 65.0 Å². The lowest BCUT2D eigenvalue weighted by Crippen LogP contribution is -2.34. The molecule has 0 saturated carbocycles. The van der Waals surface area contributed by atoms with Gasteiger partial charge in [0, 0.05) is 18.6 Å². The van der Waals surface area contributed by atoms with E-state index in [0.29, 0.717) is 0 Å². The highest BCUT2D eigenvalue weighted by atomic mass is 28.4. The molecule has 2 aliphatic carbocycles. The number of hydrogen-bond acceptors (Lipinski definition) is 2. The molecule has 0 unspecified atom stereocenters. The van der Waals surface area contributed by atoms with Crippen LogP contribution in [0.1, 0.15) is 25.7 Å². The van der Waals surface area contributed by atoms with Gasteiger partial charge >= 0.3 is 0 Å². The van der Waals surface area contributed by atoms with Gasteiger partial charge in [-0.25, -0.2) is 0 Å². The average Bonchev–Trinajstić information content (AvgIpc) is 3.17. The predicted octanol–water partition coefficient (Wildman–Crippen LogP) is 6.23. The van der Waals surface area contributed by atoms with Gasteiger partial charge < -0.3 is 8.85 Å². The minimum atomic E-state index is -1.49. The van der Waals surface area contributed by atoms with Gasteiger partial charge in [-0.1, -0.05) is 47.6 Å². The molecule has 0 saturated heterocycles. The molecule has 0 atom stereocenters. The van der Waals surface area contributed by atoms with Crippen LogP contribution in [0.15, 0.2) is 47.6 Å². The monoisotopic (exact) mass is 376 g/mol. The smallest absolute Gasteiger partial charge is 0.183 e. The minimum absolute atomic E-state index is 0.0896. The molecule has 2 nitrogen and oxygen atoms in total. The standard InChI is InChI=1S/C21H36O2Si2/c1-24(2,3)22-17-15-21(19-11-7-8-12-19,20-13-9-10-14-20)16-18-23-25(4,5)6/h7-11,13H,12,14-18H2,1-6H3. The van der Waals surface area contributed by atoms with Crippen LogP contribution in [-0.2, 0) is 8.85 Å². The van der Waals surface area contributed by atoms with Crippen LogP contribution in [-0.4, -0.2) is 29.8 Å². The average molecular weight is 377 g/mol. The Bertz CT molecular complexity index is 520. The third-order valence-electron chi connectivity index (χ3n) is 4.90. The molecule has 0 aromatic carbocycles. The summed E-state index contributed by atoms with van der Waals surface area (Å²) in [6.07, 6.45) is 17.9. The van der Waals surface area contributed by atoms with Crippen molar-refractivity contribution in [2.24, 2.45) is 5.41 Å². The molecule has 0 bridgehead atoms. The Hall–Kier alpha value is -0.686. The van der Waals surface area contributed by atoms with Gasteiger partial charge in [0.1, 0.15) is 0 Å². The summed E-state index contributed by atoms with van der Waals surface area (Å²) in [7, 11) is -2.98. The van der Waals surface area contributed by atoms with Gasteiger partial charge in [-0.3, -0.25) is 0 Å². The highest BCUT2D eigenvalue weighted by molar-refractivity contribution is 6.70. The lowest BCUT2D eigenvalue weighted by atomic mass is 9.68.